The van der Waals surface area contributed by atoms with Crippen LogP contribution in [0, 0.1) is 0 Å². The second-order valence-corrected chi connectivity index (χ2v) is 8.83. The summed E-state index contributed by atoms with van der Waals surface area (Å²) in [6.45, 7) is 0.368. The summed E-state index contributed by atoms with van der Waals surface area (Å²) in [7, 11) is 0. The topological polar surface area (TPSA) is 64.0 Å². The standard InChI is InChI=1S/C22H23N3O2S/c26-19(24-17-10-9-14-5-1-2-6-15(14)17)11-12-25-13-23-21-20(22(25)27)16-7-3-4-8-18(16)28-21/h1-2,5-6,13,17H,3-4,7-12H2,(H,24,26)/t17-/m1/s1. The maximum Gasteiger partial charge on any atom is 0.262 e. The highest BCUT2D eigenvalue weighted by molar-refractivity contribution is 7.18. The summed E-state index contributed by atoms with van der Waals surface area (Å²) in [5.74, 6) is -0.0129. The number of aryl methyl sites for hydroxylation is 4. The van der Waals surface area contributed by atoms with Crippen LogP contribution in [-0.2, 0) is 30.6 Å². The number of aromatic nitrogens is 2. The van der Waals surface area contributed by atoms with Crippen molar-refractivity contribution in [2.45, 2.75) is 57.5 Å². The number of thiophene rings is 1. The van der Waals surface area contributed by atoms with Crippen LogP contribution in [-0.4, -0.2) is 15.5 Å². The smallest absolute Gasteiger partial charge is 0.262 e. The van der Waals surface area contributed by atoms with Gasteiger partial charge in [0.15, 0.2) is 0 Å². The summed E-state index contributed by atoms with van der Waals surface area (Å²) in [5.41, 5.74) is 3.75. The van der Waals surface area contributed by atoms with E-state index in [9.17, 15) is 9.59 Å². The molecule has 0 radical (unpaired) electrons. The molecule has 1 aromatic carbocycles. The second-order valence-electron chi connectivity index (χ2n) is 7.74. The summed E-state index contributed by atoms with van der Waals surface area (Å²) in [5, 5.41) is 3.92. The third kappa shape index (κ3) is 3.05. The molecule has 1 amide bonds. The molecule has 0 saturated heterocycles. The normalized spacial score (nSPS) is 18.1. The van der Waals surface area contributed by atoms with E-state index in [-0.39, 0.29) is 23.9 Å². The molecule has 2 aliphatic rings. The van der Waals surface area contributed by atoms with Gasteiger partial charge in [0.25, 0.3) is 5.56 Å². The molecule has 5 rings (SSSR count). The average molecular weight is 394 g/mol. The molecule has 5 nitrogen and oxygen atoms in total. The molecule has 0 aliphatic heterocycles. The second kappa shape index (κ2) is 7.17. The molecule has 1 N–H and O–H groups in total. The van der Waals surface area contributed by atoms with E-state index in [1.807, 2.05) is 12.1 Å². The number of nitrogens with zero attached hydrogens (tertiary/aromatic N) is 2. The fourth-order valence-electron chi connectivity index (χ4n) is 4.54. The summed E-state index contributed by atoms with van der Waals surface area (Å²) >= 11 is 1.66. The van der Waals surface area contributed by atoms with Crippen molar-refractivity contribution in [3.8, 4) is 0 Å². The molecule has 0 bridgehead atoms. The minimum atomic E-state index is -0.0129. The van der Waals surface area contributed by atoms with Crippen molar-refractivity contribution in [2.75, 3.05) is 0 Å². The minimum absolute atomic E-state index is 0.00316. The molecule has 2 heterocycles. The largest absolute Gasteiger partial charge is 0.349 e. The number of benzene rings is 1. The lowest BCUT2D eigenvalue weighted by molar-refractivity contribution is -0.122. The van der Waals surface area contributed by atoms with E-state index in [1.54, 1.807) is 22.2 Å². The van der Waals surface area contributed by atoms with Crippen LogP contribution < -0.4 is 10.9 Å². The van der Waals surface area contributed by atoms with Gasteiger partial charge in [0.1, 0.15) is 4.83 Å². The van der Waals surface area contributed by atoms with Crippen LogP contribution >= 0.6 is 11.3 Å². The number of amides is 1. The number of hydrogen-bond donors (Lipinski definition) is 1. The Morgan fingerprint density at radius 3 is 3.00 bits per heavy atom. The number of carbonyl (C=O) groups is 1. The SMILES string of the molecule is O=C(CCn1cnc2sc3c(c2c1=O)CCCC3)N[C@@H]1CCc2ccccc21. The molecule has 2 aromatic heterocycles. The summed E-state index contributed by atoms with van der Waals surface area (Å²) in [4.78, 5) is 32.2. The molecule has 0 unspecified atom stereocenters. The molecule has 0 saturated carbocycles. The number of carbonyl (C=O) groups excluding carboxylic acids is 1. The van der Waals surface area contributed by atoms with Gasteiger partial charge in [-0.15, -0.1) is 11.3 Å². The summed E-state index contributed by atoms with van der Waals surface area (Å²) in [6, 6.07) is 8.37. The van der Waals surface area contributed by atoms with Crippen LogP contribution in [0.3, 0.4) is 0 Å². The van der Waals surface area contributed by atoms with E-state index in [4.69, 9.17) is 0 Å². The van der Waals surface area contributed by atoms with Gasteiger partial charge in [-0.3, -0.25) is 14.2 Å². The van der Waals surface area contributed by atoms with E-state index in [1.165, 1.54) is 28.0 Å². The molecule has 144 valence electrons. The van der Waals surface area contributed by atoms with E-state index >= 15 is 0 Å². The number of fused-ring (bicyclic) bond motifs is 4. The highest BCUT2D eigenvalue weighted by atomic mass is 32.1. The Hall–Kier alpha value is -2.47. The Balaban J connectivity index is 1.30. The van der Waals surface area contributed by atoms with Gasteiger partial charge in [-0.2, -0.15) is 0 Å². The first-order valence-electron chi connectivity index (χ1n) is 10.1. The molecule has 6 heteroatoms. The van der Waals surface area contributed by atoms with Crippen molar-refractivity contribution < 1.29 is 4.79 Å². The molecule has 1 atom stereocenters. The molecular weight excluding hydrogens is 370 g/mol. The van der Waals surface area contributed by atoms with Crippen molar-refractivity contribution in [1.29, 1.82) is 0 Å². The third-order valence-corrected chi connectivity index (χ3v) is 7.19. The molecule has 0 spiro atoms. The lowest BCUT2D eigenvalue weighted by Crippen LogP contribution is -2.30. The first kappa shape index (κ1) is 17.6. The lowest BCUT2D eigenvalue weighted by Gasteiger charge is -2.14. The van der Waals surface area contributed by atoms with Gasteiger partial charge >= 0.3 is 0 Å². The Kier molecular flexibility index (Phi) is 4.51. The molecule has 28 heavy (non-hydrogen) atoms. The maximum absolute atomic E-state index is 13.0. The quantitative estimate of drug-likeness (QED) is 0.737. The summed E-state index contributed by atoms with van der Waals surface area (Å²) < 4.78 is 1.60. The van der Waals surface area contributed by atoms with Crippen LogP contribution in [0.2, 0.25) is 0 Å². The number of rotatable bonds is 4. The van der Waals surface area contributed by atoms with Crippen LogP contribution in [0.25, 0.3) is 10.2 Å². The Morgan fingerprint density at radius 1 is 1.21 bits per heavy atom. The maximum atomic E-state index is 13.0. The van der Waals surface area contributed by atoms with E-state index in [0.717, 1.165) is 42.3 Å². The number of hydrogen-bond acceptors (Lipinski definition) is 4. The minimum Gasteiger partial charge on any atom is -0.349 e. The van der Waals surface area contributed by atoms with Crippen molar-refractivity contribution in [1.82, 2.24) is 14.9 Å². The van der Waals surface area contributed by atoms with Crippen molar-refractivity contribution in [2.24, 2.45) is 0 Å². The van der Waals surface area contributed by atoms with Gasteiger partial charge < -0.3 is 5.32 Å². The van der Waals surface area contributed by atoms with E-state index < -0.39 is 0 Å². The monoisotopic (exact) mass is 393 g/mol. The van der Waals surface area contributed by atoms with Crippen LogP contribution in [0.1, 0.15) is 53.3 Å². The number of nitrogens with one attached hydrogen (secondary N) is 1. The van der Waals surface area contributed by atoms with Crippen LogP contribution in [0.15, 0.2) is 35.4 Å². The highest BCUT2D eigenvalue weighted by Gasteiger charge is 2.24. The van der Waals surface area contributed by atoms with Gasteiger partial charge in [-0.05, 0) is 55.2 Å². The van der Waals surface area contributed by atoms with Crippen molar-refractivity contribution >= 4 is 27.5 Å². The van der Waals surface area contributed by atoms with E-state index in [2.05, 4.69) is 22.4 Å². The zero-order valence-electron chi connectivity index (χ0n) is 15.7. The fraction of sp³-hybridized carbons (Fsp3) is 0.409. The molecule has 3 aromatic rings. The predicted octanol–water partition coefficient (Wildman–Crippen LogP) is 3.53. The van der Waals surface area contributed by atoms with Gasteiger partial charge in [0, 0.05) is 17.8 Å². The van der Waals surface area contributed by atoms with Gasteiger partial charge in [0.05, 0.1) is 17.8 Å². The van der Waals surface area contributed by atoms with Crippen LogP contribution in [0.4, 0.5) is 0 Å². The third-order valence-electron chi connectivity index (χ3n) is 5.99. The Labute approximate surface area is 167 Å². The van der Waals surface area contributed by atoms with Gasteiger partial charge in [-0.1, -0.05) is 24.3 Å². The van der Waals surface area contributed by atoms with Crippen molar-refractivity contribution in [3.63, 3.8) is 0 Å². The first-order chi connectivity index (χ1) is 13.7. The van der Waals surface area contributed by atoms with Crippen molar-refractivity contribution in [3.05, 3.63) is 62.5 Å². The molecular formula is C22H23N3O2S. The predicted molar refractivity (Wildman–Crippen MR) is 111 cm³/mol. The molecule has 2 aliphatic carbocycles. The zero-order chi connectivity index (χ0) is 19.1. The first-order valence-corrected chi connectivity index (χ1v) is 10.9. The average Bonchev–Trinajstić information content (AvgIpc) is 3.29. The lowest BCUT2D eigenvalue weighted by atomic mass is 9.97. The molecule has 0 fully saturated rings. The van der Waals surface area contributed by atoms with E-state index in [0.29, 0.717) is 6.54 Å². The highest BCUT2D eigenvalue weighted by Crippen LogP contribution is 2.33. The Bertz CT molecular complexity index is 1110. The van der Waals surface area contributed by atoms with Gasteiger partial charge in [0.2, 0.25) is 5.91 Å². The van der Waals surface area contributed by atoms with Gasteiger partial charge in [-0.25, -0.2) is 4.98 Å². The van der Waals surface area contributed by atoms with Crippen LogP contribution in [0.5, 0.6) is 0 Å². The Morgan fingerprint density at radius 2 is 2.07 bits per heavy atom. The fourth-order valence-corrected chi connectivity index (χ4v) is 5.76. The zero-order valence-corrected chi connectivity index (χ0v) is 16.6. The summed E-state index contributed by atoms with van der Waals surface area (Å²) in [6.07, 6.45) is 8.20.